The SMILES string of the molecule is CCc1ccc(C(=O)NNC(=O)c2cccc(CS(C)(=O)=O)c2)cc1. The number of aryl methyl sites for hydroxylation is 1. The van der Waals surface area contributed by atoms with E-state index >= 15 is 0 Å². The van der Waals surface area contributed by atoms with Crippen molar-refractivity contribution in [2.24, 2.45) is 0 Å². The Morgan fingerprint density at radius 1 is 0.880 bits per heavy atom. The molecule has 0 saturated heterocycles. The second-order valence-electron chi connectivity index (χ2n) is 5.73. The summed E-state index contributed by atoms with van der Waals surface area (Å²) in [5.74, 6) is -1.10. The number of hydrogen-bond acceptors (Lipinski definition) is 4. The van der Waals surface area contributed by atoms with Gasteiger partial charge in [-0.05, 0) is 41.8 Å². The van der Waals surface area contributed by atoms with E-state index in [1.807, 2.05) is 19.1 Å². The molecule has 0 aliphatic rings. The third-order valence-corrected chi connectivity index (χ3v) is 4.39. The molecule has 0 aromatic heterocycles. The maximum Gasteiger partial charge on any atom is 0.269 e. The van der Waals surface area contributed by atoms with Crippen molar-refractivity contribution in [1.29, 1.82) is 0 Å². The van der Waals surface area contributed by atoms with Gasteiger partial charge < -0.3 is 0 Å². The molecule has 0 saturated carbocycles. The van der Waals surface area contributed by atoms with E-state index in [0.29, 0.717) is 11.1 Å². The summed E-state index contributed by atoms with van der Waals surface area (Å²) < 4.78 is 22.7. The van der Waals surface area contributed by atoms with Gasteiger partial charge >= 0.3 is 0 Å². The second kappa shape index (κ2) is 7.94. The smallest absolute Gasteiger partial charge is 0.267 e. The van der Waals surface area contributed by atoms with Crippen molar-refractivity contribution in [2.45, 2.75) is 19.1 Å². The van der Waals surface area contributed by atoms with E-state index in [0.717, 1.165) is 18.2 Å². The summed E-state index contributed by atoms with van der Waals surface area (Å²) in [6.45, 7) is 2.02. The van der Waals surface area contributed by atoms with Gasteiger partial charge in [0.15, 0.2) is 9.84 Å². The van der Waals surface area contributed by atoms with Crippen molar-refractivity contribution in [3.8, 4) is 0 Å². The lowest BCUT2D eigenvalue weighted by Crippen LogP contribution is -2.41. The highest BCUT2D eigenvalue weighted by molar-refractivity contribution is 7.89. The molecular formula is C18H20N2O4S. The van der Waals surface area contributed by atoms with Crippen molar-refractivity contribution in [1.82, 2.24) is 10.9 Å². The van der Waals surface area contributed by atoms with Gasteiger partial charge in [0.1, 0.15) is 0 Å². The normalized spacial score (nSPS) is 11.0. The van der Waals surface area contributed by atoms with Crippen molar-refractivity contribution in [2.75, 3.05) is 6.26 Å². The zero-order valence-corrected chi connectivity index (χ0v) is 14.9. The summed E-state index contributed by atoms with van der Waals surface area (Å²) in [6.07, 6.45) is 2.01. The average molecular weight is 360 g/mol. The van der Waals surface area contributed by atoms with Crippen LogP contribution in [0.4, 0.5) is 0 Å². The van der Waals surface area contributed by atoms with Crippen LogP contribution in [0.15, 0.2) is 48.5 Å². The quantitative estimate of drug-likeness (QED) is 0.796. The Hall–Kier alpha value is -2.67. The van der Waals surface area contributed by atoms with E-state index in [-0.39, 0.29) is 11.3 Å². The number of amides is 2. The number of rotatable bonds is 5. The zero-order valence-electron chi connectivity index (χ0n) is 14.1. The Bertz CT molecular complexity index is 874. The predicted molar refractivity (Wildman–Crippen MR) is 95.7 cm³/mol. The van der Waals surface area contributed by atoms with Crippen LogP contribution in [0.25, 0.3) is 0 Å². The van der Waals surface area contributed by atoms with E-state index in [1.165, 1.54) is 6.07 Å². The molecule has 0 spiro atoms. The van der Waals surface area contributed by atoms with Crippen LogP contribution in [-0.2, 0) is 22.0 Å². The molecule has 0 fully saturated rings. The lowest BCUT2D eigenvalue weighted by atomic mass is 10.1. The van der Waals surface area contributed by atoms with Gasteiger partial charge in [-0.1, -0.05) is 31.2 Å². The van der Waals surface area contributed by atoms with Gasteiger partial charge in [-0.3, -0.25) is 20.4 Å². The van der Waals surface area contributed by atoms with Crippen molar-refractivity contribution in [3.05, 3.63) is 70.8 Å². The molecule has 0 aliphatic carbocycles. The Labute approximate surface area is 147 Å². The molecule has 7 heteroatoms. The lowest BCUT2D eigenvalue weighted by molar-refractivity contribution is 0.0846. The minimum atomic E-state index is -3.19. The van der Waals surface area contributed by atoms with E-state index in [2.05, 4.69) is 10.9 Å². The Balaban J connectivity index is 1.99. The highest BCUT2D eigenvalue weighted by atomic mass is 32.2. The third kappa shape index (κ3) is 5.72. The van der Waals surface area contributed by atoms with Gasteiger partial charge in [0.2, 0.25) is 0 Å². The predicted octanol–water partition coefficient (Wildman–Crippen LogP) is 1.87. The molecule has 0 bridgehead atoms. The van der Waals surface area contributed by atoms with Crippen LogP contribution in [-0.4, -0.2) is 26.5 Å². The van der Waals surface area contributed by atoms with Crippen molar-refractivity contribution < 1.29 is 18.0 Å². The fourth-order valence-corrected chi connectivity index (χ4v) is 3.04. The first-order valence-corrected chi connectivity index (χ1v) is 9.81. The summed E-state index contributed by atoms with van der Waals surface area (Å²) in [5, 5.41) is 0. The fraction of sp³-hybridized carbons (Fsp3) is 0.222. The number of hydrazine groups is 1. The minimum Gasteiger partial charge on any atom is -0.267 e. The van der Waals surface area contributed by atoms with Gasteiger partial charge in [0, 0.05) is 17.4 Å². The molecule has 0 atom stereocenters. The van der Waals surface area contributed by atoms with Crippen molar-refractivity contribution >= 4 is 21.7 Å². The number of sulfone groups is 1. The van der Waals surface area contributed by atoms with Crippen LogP contribution in [0.2, 0.25) is 0 Å². The van der Waals surface area contributed by atoms with Gasteiger partial charge in [0.25, 0.3) is 11.8 Å². The Kier molecular flexibility index (Phi) is 5.93. The third-order valence-electron chi connectivity index (χ3n) is 3.53. The number of nitrogens with one attached hydrogen (secondary N) is 2. The largest absolute Gasteiger partial charge is 0.269 e. The first-order chi connectivity index (χ1) is 11.8. The summed E-state index contributed by atoms with van der Waals surface area (Å²) in [6, 6.07) is 13.3. The van der Waals surface area contributed by atoms with Crippen LogP contribution in [0.1, 0.15) is 38.8 Å². The molecule has 2 rings (SSSR count). The molecule has 2 N–H and O–H groups in total. The highest BCUT2D eigenvalue weighted by Gasteiger charge is 2.11. The van der Waals surface area contributed by atoms with Crippen molar-refractivity contribution in [3.63, 3.8) is 0 Å². The van der Waals surface area contributed by atoms with E-state index in [4.69, 9.17) is 0 Å². The van der Waals surface area contributed by atoms with Crippen LogP contribution >= 0.6 is 0 Å². The van der Waals surface area contributed by atoms with Gasteiger partial charge in [-0.2, -0.15) is 0 Å². The van der Waals surface area contributed by atoms with Gasteiger partial charge in [0.05, 0.1) is 5.75 Å². The molecule has 2 amide bonds. The summed E-state index contributed by atoms with van der Waals surface area (Å²) >= 11 is 0. The number of carbonyl (C=O) groups excluding carboxylic acids is 2. The molecule has 132 valence electrons. The number of hydrogen-bond donors (Lipinski definition) is 2. The van der Waals surface area contributed by atoms with E-state index < -0.39 is 21.7 Å². The maximum atomic E-state index is 12.1. The number of carbonyl (C=O) groups is 2. The lowest BCUT2D eigenvalue weighted by Gasteiger charge is -2.09. The fourth-order valence-electron chi connectivity index (χ4n) is 2.25. The first kappa shape index (κ1) is 18.7. The molecule has 2 aromatic rings. The van der Waals surface area contributed by atoms with Crippen LogP contribution < -0.4 is 10.9 Å². The van der Waals surface area contributed by atoms with Crippen LogP contribution in [0.3, 0.4) is 0 Å². The van der Waals surface area contributed by atoms with Crippen LogP contribution in [0, 0.1) is 0 Å². The second-order valence-corrected chi connectivity index (χ2v) is 7.87. The highest BCUT2D eigenvalue weighted by Crippen LogP contribution is 2.09. The Morgan fingerprint density at radius 3 is 2.04 bits per heavy atom. The van der Waals surface area contributed by atoms with E-state index in [1.54, 1.807) is 30.3 Å². The molecule has 0 unspecified atom stereocenters. The minimum absolute atomic E-state index is 0.149. The zero-order chi connectivity index (χ0) is 18.4. The molecule has 0 radical (unpaired) electrons. The van der Waals surface area contributed by atoms with Gasteiger partial charge in [-0.15, -0.1) is 0 Å². The molecule has 6 nitrogen and oxygen atoms in total. The van der Waals surface area contributed by atoms with Crippen LogP contribution in [0.5, 0.6) is 0 Å². The average Bonchev–Trinajstić information content (AvgIpc) is 2.58. The number of benzene rings is 2. The Morgan fingerprint density at radius 2 is 1.48 bits per heavy atom. The topological polar surface area (TPSA) is 92.3 Å². The molecule has 0 heterocycles. The summed E-state index contributed by atoms with van der Waals surface area (Å²) in [7, 11) is -3.19. The monoisotopic (exact) mass is 360 g/mol. The van der Waals surface area contributed by atoms with E-state index in [9.17, 15) is 18.0 Å². The molecule has 2 aromatic carbocycles. The summed E-state index contributed by atoms with van der Waals surface area (Å²) in [4.78, 5) is 24.2. The first-order valence-electron chi connectivity index (χ1n) is 7.75. The van der Waals surface area contributed by atoms with Gasteiger partial charge in [-0.25, -0.2) is 8.42 Å². The molecular weight excluding hydrogens is 340 g/mol. The molecule has 25 heavy (non-hydrogen) atoms. The maximum absolute atomic E-state index is 12.1. The standard InChI is InChI=1S/C18H20N2O4S/c1-3-13-7-9-15(10-8-13)17(21)19-20-18(22)16-6-4-5-14(11-16)12-25(2,23)24/h4-11H,3,12H2,1-2H3,(H,19,21)(H,20,22). The molecule has 0 aliphatic heterocycles. The summed E-state index contributed by atoms with van der Waals surface area (Å²) in [5.41, 5.74) is 7.00.